The highest BCUT2D eigenvalue weighted by Gasteiger charge is 2.58. The van der Waals surface area contributed by atoms with Gasteiger partial charge in [0.05, 0.1) is 38.3 Å². The number of anilines is 2. The van der Waals surface area contributed by atoms with Crippen LogP contribution in [0.3, 0.4) is 0 Å². The van der Waals surface area contributed by atoms with E-state index in [0.717, 1.165) is 45.5 Å². The lowest BCUT2D eigenvalue weighted by Gasteiger charge is -2.50. The molecule has 1 aliphatic carbocycles. The first-order valence-electron chi connectivity index (χ1n) is 23.3. The van der Waals surface area contributed by atoms with Crippen molar-refractivity contribution in [3.05, 3.63) is 216 Å². The van der Waals surface area contributed by atoms with E-state index in [1.54, 1.807) is 0 Å². The number of carbonyl (C=O) groups excluding carboxylic acids is 4. The summed E-state index contributed by atoms with van der Waals surface area (Å²) < 4.78 is 22.2. The first-order chi connectivity index (χ1) is 34.3. The van der Waals surface area contributed by atoms with Crippen molar-refractivity contribution in [3.8, 4) is 35.2 Å². The molecule has 1 aliphatic rings. The summed E-state index contributed by atoms with van der Waals surface area (Å²) >= 11 is 0. The second kappa shape index (κ2) is 25.5. The van der Waals surface area contributed by atoms with Crippen LogP contribution in [-0.4, -0.2) is 50.2 Å². The van der Waals surface area contributed by atoms with E-state index >= 15 is 0 Å². The van der Waals surface area contributed by atoms with Crippen molar-refractivity contribution in [2.45, 2.75) is 37.5 Å². The monoisotopic (exact) mass is 930 g/mol. The SMILES string of the molecule is C=CC(=O)OCCCCOc1ccc(C2C(C(=O)Nc3ccc(C#Cc4ccccc4)cc3)C(c3ccc(OCCCCOC(=O)C=C)cc3)C2C(=O)Nc2ccc(C#Cc3ccccc3)cc2)cc1. The van der Waals surface area contributed by atoms with Crippen LogP contribution in [0.1, 0.15) is 70.9 Å². The number of ether oxygens (including phenoxy) is 4. The second-order valence-corrected chi connectivity index (χ2v) is 16.5. The molecule has 2 amide bonds. The smallest absolute Gasteiger partial charge is 0.330 e. The standard InChI is InChI=1S/C60H54N2O8/c1-3-53(63)69-41-13-11-39-67-51-35-27-47(28-36-51)55-57(59(65)61-49-31-23-45(24-32-49)21-19-43-15-7-5-8-16-43)56(48-29-37-52(38-30-48)68-40-12-14-42-70-54(64)4-2)58(55)60(66)62-50-33-25-46(26-34-50)22-20-44-17-9-6-10-18-44/h3-10,15-18,23-38,55-58H,1-2,11-14,39-42H2,(H,61,65)(H,62,66). The first kappa shape index (κ1) is 49.3. The molecule has 10 nitrogen and oxygen atoms in total. The number of amides is 2. The molecule has 0 radical (unpaired) electrons. The highest BCUT2D eigenvalue weighted by atomic mass is 16.5. The number of carbonyl (C=O) groups is 4. The molecule has 10 heteroatoms. The molecule has 0 bridgehead atoms. The zero-order chi connectivity index (χ0) is 48.9. The van der Waals surface area contributed by atoms with Crippen molar-refractivity contribution >= 4 is 35.1 Å². The van der Waals surface area contributed by atoms with Crippen LogP contribution < -0.4 is 20.1 Å². The molecule has 0 atom stereocenters. The molecule has 6 aromatic rings. The van der Waals surface area contributed by atoms with Crippen LogP contribution in [-0.2, 0) is 28.7 Å². The highest BCUT2D eigenvalue weighted by Crippen LogP contribution is 2.58. The van der Waals surface area contributed by atoms with E-state index < -0.39 is 35.6 Å². The Labute approximate surface area is 409 Å². The Morgan fingerprint density at radius 1 is 0.429 bits per heavy atom. The van der Waals surface area contributed by atoms with Gasteiger partial charge in [0.1, 0.15) is 11.5 Å². The maximum Gasteiger partial charge on any atom is 0.330 e. The van der Waals surface area contributed by atoms with E-state index in [9.17, 15) is 19.2 Å². The molecule has 2 N–H and O–H groups in total. The lowest BCUT2D eigenvalue weighted by atomic mass is 9.52. The van der Waals surface area contributed by atoms with Gasteiger partial charge in [-0.05, 0) is 134 Å². The lowest BCUT2D eigenvalue weighted by Crippen LogP contribution is -2.53. The number of nitrogens with one attached hydrogen (secondary N) is 2. The van der Waals surface area contributed by atoms with E-state index in [2.05, 4.69) is 47.5 Å². The first-order valence-corrected chi connectivity index (χ1v) is 23.3. The van der Waals surface area contributed by atoms with Gasteiger partial charge in [-0.15, -0.1) is 0 Å². The van der Waals surface area contributed by atoms with Crippen LogP contribution in [0.15, 0.2) is 183 Å². The average Bonchev–Trinajstić information content (AvgIpc) is 3.39. The average molecular weight is 931 g/mol. The van der Waals surface area contributed by atoms with Crippen molar-refractivity contribution in [3.63, 3.8) is 0 Å². The molecule has 70 heavy (non-hydrogen) atoms. The quantitative estimate of drug-likeness (QED) is 0.0335. The number of hydrogen-bond acceptors (Lipinski definition) is 8. The van der Waals surface area contributed by atoms with Gasteiger partial charge in [0, 0.05) is 57.6 Å². The zero-order valence-corrected chi connectivity index (χ0v) is 38.8. The predicted molar refractivity (Wildman–Crippen MR) is 272 cm³/mol. The maximum atomic E-state index is 14.8. The molecule has 0 aromatic heterocycles. The minimum atomic E-state index is -0.668. The Morgan fingerprint density at radius 3 is 1.10 bits per heavy atom. The molecule has 1 fully saturated rings. The molecule has 352 valence electrons. The third-order valence-electron chi connectivity index (χ3n) is 11.7. The fourth-order valence-electron chi connectivity index (χ4n) is 8.11. The number of esters is 2. The van der Waals surface area contributed by atoms with Crippen LogP contribution in [0, 0.1) is 35.5 Å². The fourth-order valence-corrected chi connectivity index (χ4v) is 8.11. The summed E-state index contributed by atoms with van der Waals surface area (Å²) in [4.78, 5) is 52.4. The highest BCUT2D eigenvalue weighted by molar-refractivity contribution is 6.01. The molecular weight excluding hydrogens is 877 g/mol. The summed E-state index contributed by atoms with van der Waals surface area (Å²) in [7, 11) is 0. The molecule has 0 heterocycles. The summed E-state index contributed by atoms with van der Waals surface area (Å²) in [5, 5.41) is 6.32. The zero-order valence-electron chi connectivity index (χ0n) is 38.8. The number of rotatable bonds is 20. The van der Waals surface area contributed by atoms with Gasteiger partial charge in [-0.3, -0.25) is 9.59 Å². The Morgan fingerprint density at radius 2 is 0.757 bits per heavy atom. The van der Waals surface area contributed by atoms with Gasteiger partial charge in [0.2, 0.25) is 11.8 Å². The molecule has 0 spiro atoms. The Kier molecular flexibility index (Phi) is 18.0. The van der Waals surface area contributed by atoms with Crippen molar-refractivity contribution in [2.24, 2.45) is 11.8 Å². The van der Waals surface area contributed by atoms with Gasteiger partial charge in [-0.1, -0.05) is 97.5 Å². The minimum Gasteiger partial charge on any atom is -0.494 e. The Hall–Kier alpha value is -8.60. The van der Waals surface area contributed by atoms with Crippen molar-refractivity contribution in [1.82, 2.24) is 0 Å². The van der Waals surface area contributed by atoms with Crippen molar-refractivity contribution < 1.29 is 38.1 Å². The third-order valence-corrected chi connectivity index (χ3v) is 11.7. The fraction of sp³-hybridized carbons (Fsp3) is 0.200. The van der Waals surface area contributed by atoms with E-state index in [4.69, 9.17) is 18.9 Å². The molecule has 0 unspecified atom stereocenters. The molecule has 0 aliphatic heterocycles. The molecule has 7 rings (SSSR count). The Bertz CT molecular complexity index is 2630. The molecule has 0 saturated heterocycles. The van der Waals surface area contributed by atoms with Crippen LogP contribution in [0.2, 0.25) is 0 Å². The van der Waals surface area contributed by atoms with Gasteiger partial charge in [-0.25, -0.2) is 9.59 Å². The molecular formula is C60H54N2O8. The van der Waals surface area contributed by atoms with E-state index in [-0.39, 0.29) is 25.0 Å². The topological polar surface area (TPSA) is 129 Å². The largest absolute Gasteiger partial charge is 0.494 e. The van der Waals surface area contributed by atoms with E-state index in [0.29, 0.717) is 61.8 Å². The predicted octanol–water partition coefficient (Wildman–Crippen LogP) is 10.7. The van der Waals surface area contributed by atoms with Gasteiger partial charge < -0.3 is 29.6 Å². The van der Waals surface area contributed by atoms with Crippen LogP contribution in [0.4, 0.5) is 11.4 Å². The summed E-state index contributed by atoms with van der Waals surface area (Å²) in [6.07, 6.45) is 4.86. The summed E-state index contributed by atoms with van der Waals surface area (Å²) in [6.45, 7) is 8.20. The van der Waals surface area contributed by atoms with Gasteiger partial charge in [0.25, 0.3) is 0 Å². The Balaban J connectivity index is 1.14. The van der Waals surface area contributed by atoms with Crippen LogP contribution >= 0.6 is 0 Å². The van der Waals surface area contributed by atoms with Crippen molar-refractivity contribution in [1.29, 1.82) is 0 Å². The molecule has 1 saturated carbocycles. The summed E-state index contributed by atoms with van der Waals surface area (Å²) in [5.41, 5.74) is 6.20. The van der Waals surface area contributed by atoms with Crippen LogP contribution in [0.5, 0.6) is 11.5 Å². The van der Waals surface area contributed by atoms with Crippen molar-refractivity contribution in [2.75, 3.05) is 37.1 Å². The number of hydrogen-bond donors (Lipinski definition) is 2. The van der Waals surface area contributed by atoms with E-state index in [1.165, 1.54) is 0 Å². The summed E-state index contributed by atoms with van der Waals surface area (Å²) in [6, 6.07) is 49.3. The van der Waals surface area contributed by atoms with Gasteiger partial charge >= 0.3 is 11.9 Å². The van der Waals surface area contributed by atoms with Crippen LogP contribution in [0.25, 0.3) is 0 Å². The third kappa shape index (κ3) is 14.2. The van der Waals surface area contributed by atoms with Gasteiger partial charge in [-0.2, -0.15) is 0 Å². The maximum absolute atomic E-state index is 14.8. The lowest BCUT2D eigenvalue weighted by molar-refractivity contribution is -0.138. The second-order valence-electron chi connectivity index (χ2n) is 16.5. The minimum absolute atomic E-state index is 0.238. The molecule has 6 aromatic carbocycles. The number of benzene rings is 6. The van der Waals surface area contributed by atoms with E-state index in [1.807, 2.05) is 158 Å². The normalized spacial score (nSPS) is 15.4. The number of unbranched alkanes of at least 4 members (excludes halogenated alkanes) is 2. The summed E-state index contributed by atoms with van der Waals surface area (Å²) in [5.74, 6) is 10.2. The van der Waals surface area contributed by atoms with Gasteiger partial charge in [0.15, 0.2) is 0 Å².